The Morgan fingerprint density at radius 3 is 1.94 bits per heavy atom. The van der Waals surface area contributed by atoms with Crippen LogP contribution in [0.5, 0.6) is 0 Å². The van der Waals surface area contributed by atoms with Gasteiger partial charge in [0.15, 0.2) is 0 Å². The average Bonchev–Trinajstić information content (AvgIpc) is 2.66. The summed E-state index contributed by atoms with van der Waals surface area (Å²) in [7, 11) is -4.33. The molecule has 32 heavy (non-hydrogen) atoms. The van der Waals surface area contributed by atoms with E-state index in [4.69, 9.17) is 0 Å². The van der Waals surface area contributed by atoms with Gasteiger partial charge in [-0.3, -0.25) is 9.52 Å². The van der Waals surface area contributed by atoms with Crippen molar-refractivity contribution < 1.29 is 53.8 Å². The summed E-state index contributed by atoms with van der Waals surface area (Å²) in [5, 5.41) is 9.29. The van der Waals surface area contributed by atoms with Gasteiger partial charge in [0.05, 0.1) is 11.4 Å². The van der Waals surface area contributed by atoms with Crippen LogP contribution in [0.3, 0.4) is 0 Å². The van der Waals surface area contributed by atoms with E-state index < -0.39 is 50.8 Å². The van der Waals surface area contributed by atoms with Crippen LogP contribution in [0.1, 0.15) is 16.7 Å². The molecule has 2 aromatic carbocycles. The van der Waals surface area contributed by atoms with Crippen molar-refractivity contribution in [3.8, 4) is 0 Å². The fraction of sp³-hybridized carbons (Fsp3) is 0.278. The minimum Gasteiger partial charge on any atom is -0.463 e. The topological polar surface area (TPSA) is 92.7 Å². The van der Waals surface area contributed by atoms with Crippen LogP contribution in [0.2, 0.25) is 0 Å². The fourth-order valence-corrected chi connectivity index (χ4v) is 3.80. The van der Waals surface area contributed by atoms with Gasteiger partial charge in [0.25, 0.3) is 12.1 Å². The molecule has 14 heteroatoms. The number of carbonyl (C=O) groups is 1. The first-order valence-electron chi connectivity index (χ1n) is 8.40. The van der Waals surface area contributed by atoms with Crippen LogP contribution < -0.4 is 4.72 Å². The van der Waals surface area contributed by atoms with Crippen LogP contribution in [0.25, 0.3) is 0 Å². The van der Waals surface area contributed by atoms with Gasteiger partial charge in [-0.2, -0.15) is 26.3 Å². The zero-order valence-electron chi connectivity index (χ0n) is 15.7. The Morgan fingerprint density at radius 1 is 0.938 bits per heavy atom. The first kappa shape index (κ1) is 25.4. The summed E-state index contributed by atoms with van der Waals surface area (Å²) in [5.41, 5.74) is -7.40. The molecular formula is C18H14F7NO5S. The lowest BCUT2D eigenvalue weighted by molar-refractivity contribution is -0.376. The van der Waals surface area contributed by atoms with Gasteiger partial charge in [-0.25, -0.2) is 12.8 Å². The molecule has 176 valence electrons. The summed E-state index contributed by atoms with van der Waals surface area (Å²) >= 11 is 0. The number of rotatable bonds is 8. The maximum absolute atomic E-state index is 14.2. The zero-order chi connectivity index (χ0) is 24.4. The normalized spacial score (nSPS) is 13.0. The summed E-state index contributed by atoms with van der Waals surface area (Å²) in [6.07, 6.45) is -12.4. The van der Waals surface area contributed by atoms with Crippen LogP contribution in [0.4, 0.5) is 36.4 Å². The van der Waals surface area contributed by atoms with Crippen LogP contribution >= 0.6 is 0 Å². The highest BCUT2D eigenvalue weighted by atomic mass is 32.2. The van der Waals surface area contributed by atoms with Gasteiger partial charge in [0.1, 0.15) is 12.4 Å². The van der Waals surface area contributed by atoms with Crippen molar-refractivity contribution in [3.05, 3.63) is 65.0 Å². The van der Waals surface area contributed by atoms with Gasteiger partial charge in [-0.15, -0.1) is 0 Å². The number of carbonyl (C=O) groups excluding carboxylic acids is 1. The number of aliphatic hydroxyl groups is 1. The summed E-state index contributed by atoms with van der Waals surface area (Å²) in [5.74, 6) is -2.47. The standard InChI is InChI=1S/C18H14F7NO5S/c19-14-7-13(16(28,17(20,21)22)18(23,24)25)5-6-15(14)26-32(29,30)9-12-3-1-11(2-4-12)8-31-10-27/h1-7,10,26,28H,8-9H2. The fourth-order valence-electron chi connectivity index (χ4n) is 2.60. The molecule has 2 aromatic rings. The quantitative estimate of drug-likeness (QED) is 0.435. The molecule has 0 fully saturated rings. The van der Waals surface area contributed by atoms with E-state index in [1.54, 1.807) is 4.72 Å². The van der Waals surface area contributed by atoms with E-state index in [1.807, 2.05) is 0 Å². The summed E-state index contributed by atoms with van der Waals surface area (Å²) in [4.78, 5) is 10.1. The highest BCUT2D eigenvalue weighted by molar-refractivity contribution is 7.91. The van der Waals surface area contributed by atoms with Gasteiger partial charge in [0, 0.05) is 5.56 Å². The van der Waals surface area contributed by atoms with Crippen LogP contribution in [0.15, 0.2) is 42.5 Å². The molecule has 0 aliphatic rings. The molecule has 2 N–H and O–H groups in total. The Morgan fingerprint density at radius 2 is 1.47 bits per heavy atom. The minimum atomic E-state index is -6.22. The molecule has 0 atom stereocenters. The van der Waals surface area contributed by atoms with Crippen molar-refractivity contribution >= 4 is 22.2 Å². The van der Waals surface area contributed by atoms with E-state index >= 15 is 0 Å². The molecule has 0 radical (unpaired) electrons. The van der Waals surface area contributed by atoms with Crippen molar-refractivity contribution in [1.29, 1.82) is 0 Å². The second-order valence-corrected chi connectivity index (χ2v) is 8.21. The van der Waals surface area contributed by atoms with E-state index in [2.05, 4.69) is 4.74 Å². The number of ether oxygens (including phenoxy) is 1. The Kier molecular flexibility index (Phi) is 7.09. The van der Waals surface area contributed by atoms with Gasteiger partial charge in [-0.05, 0) is 23.3 Å². The number of alkyl halides is 6. The molecular weight excluding hydrogens is 475 g/mol. The highest BCUT2D eigenvalue weighted by Crippen LogP contribution is 2.50. The van der Waals surface area contributed by atoms with Gasteiger partial charge >= 0.3 is 12.4 Å². The van der Waals surface area contributed by atoms with Crippen molar-refractivity contribution in [1.82, 2.24) is 0 Å². The number of anilines is 1. The second-order valence-electron chi connectivity index (χ2n) is 6.49. The number of hydrogen-bond donors (Lipinski definition) is 2. The third kappa shape index (κ3) is 5.48. The summed E-state index contributed by atoms with van der Waals surface area (Å²) in [6, 6.07) is 5.80. The molecule has 0 unspecified atom stereocenters. The first-order chi connectivity index (χ1) is 14.6. The molecule has 0 amide bonds. The smallest absolute Gasteiger partial charge is 0.430 e. The first-order valence-corrected chi connectivity index (χ1v) is 10.1. The minimum absolute atomic E-state index is 0.0610. The van der Waals surface area contributed by atoms with E-state index in [0.29, 0.717) is 11.6 Å². The molecule has 0 aliphatic carbocycles. The predicted molar refractivity (Wildman–Crippen MR) is 95.9 cm³/mol. The molecule has 6 nitrogen and oxygen atoms in total. The maximum Gasteiger partial charge on any atom is 0.430 e. The maximum atomic E-state index is 14.2. The number of hydrogen-bond acceptors (Lipinski definition) is 5. The van der Waals surface area contributed by atoms with Crippen molar-refractivity contribution in [2.24, 2.45) is 0 Å². The summed E-state index contributed by atoms with van der Waals surface area (Å²) < 4.78 is 122. The van der Waals surface area contributed by atoms with Gasteiger partial charge in [-0.1, -0.05) is 30.3 Å². The monoisotopic (exact) mass is 489 g/mol. The number of halogens is 7. The lowest BCUT2D eigenvalue weighted by Crippen LogP contribution is -2.54. The van der Waals surface area contributed by atoms with E-state index in [0.717, 1.165) is 0 Å². The van der Waals surface area contributed by atoms with E-state index in [1.165, 1.54) is 24.3 Å². The molecule has 0 aliphatic heterocycles. The summed E-state index contributed by atoms with van der Waals surface area (Å²) in [6.45, 7) is 0.154. The largest absolute Gasteiger partial charge is 0.463 e. The Labute approximate surface area is 176 Å². The van der Waals surface area contributed by atoms with Crippen LogP contribution in [0, 0.1) is 5.82 Å². The van der Waals surface area contributed by atoms with Crippen LogP contribution in [-0.4, -0.2) is 32.3 Å². The molecule has 0 saturated heterocycles. The lowest BCUT2D eigenvalue weighted by atomic mass is 9.92. The molecule has 2 rings (SSSR count). The molecule has 0 saturated carbocycles. The Bertz CT molecular complexity index is 1050. The zero-order valence-corrected chi connectivity index (χ0v) is 16.5. The number of sulfonamides is 1. The van der Waals surface area contributed by atoms with Crippen LogP contribution in [-0.2, 0) is 37.5 Å². The van der Waals surface area contributed by atoms with Crippen molar-refractivity contribution in [2.75, 3.05) is 4.72 Å². The third-order valence-electron chi connectivity index (χ3n) is 4.17. The molecule has 0 aromatic heterocycles. The Hall–Kier alpha value is -2.87. The van der Waals surface area contributed by atoms with Gasteiger partial charge < -0.3 is 9.84 Å². The van der Waals surface area contributed by atoms with E-state index in [-0.39, 0.29) is 30.8 Å². The lowest BCUT2D eigenvalue weighted by Gasteiger charge is -2.32. The Balaban J connectivity index is 2.25. The third-order valence-corrected chi connectivity index (χ3v) is 5.41. The van der Waals surface area contributed by atoms with Crippen molar-refractivity contribution in [2.45, 2.75) is 30.3 Å². The molecule has 0 heterocycles. The highest BCUT2D eigenvalue weighted by Gasteiger charge is 2.71. The SMILES string of the molecule is O=COCc1ccc(CS(=O)(=O)Nc2ccc(C(O)(C(F)(F)F)C(F)(F)F)cc2F)cc1. The van der Waals surface area contributed by atoms with Crippen molar-refractivity contribution in [3.63, 3.8) is 0 Å². The second kappa shape index (κ2) is 8.94. The molecule has 0 spiro atoms. The van der Waals surface area contributed by atoms with E-state index in [9.17, 15) is 49.1 Å². The molecule has 0 bridgehead atoms. The average molecular weight is 489 g/mol. The number of nitrogens with one attached hydrogen (secondary N) is 1. The number of benzene rings is 2. The predicted octanol–water partition coefficient (Wildman–Crippen LogP) is 3.75. The van der Waals surface area contributed by atoms with Gasteiger partial charge in [0.2, 0.25) is 10.0 Å².